The maximum Gasteiger partial charge on any atom is 0.257 e. The molecule has 1 rings (SSSR count). The van der Waals surface area contributed by atoms with Gasteiger partial charge in [0, 0.05) is 18.8 Å². The molecule has 0 aromatic carbocycles. The molecule has 0 saturated heterocycles. The molecule has 5 heteroatoms. The van der Waals surface area contributed by atoms with Gasteiger partial charge in [-0.25, -0.2) is 4.98 Å². The van der Waals surface area contributed by atoms with E-state index in [1.807, 2.05) is 0 Å². The molecule has 1 heterocycles. The standard InChI is InChI=1S/C12H19N3O2/c1-3-5-9(8-13)15-11(16)10-6-4-7-14-12(10)17-2/h4,6-7,9H,3,5,8,13H2,1-2H3,(H,15,16). The summed E-state index contributed by atoms with van der Waals surface area (Å²) in [5.74, 6) is 0.135. The van der Waals surface area contributed by atoms with Crippen molar-refractivity contribution in [1.82, 2.24) is 10.3 Å². The number of amides is 1. The SMILES string of the molecule is CCCC(CN)NC(=O)c1cccnc1OC. The van der Waals surface area contributed by atoms with E-state index in [2.05, 4.69) is 17.2 Å². The number of carbonyl (C=O) groups is 1. The van der Waals surface area contributed by atoms with Crippen LogP contribution in [0.4, 0.5) is 0 Å². The van der Waals surface area contributed by atoms with Gasteiger partial charge in [0.1, 0.15) is 5.56 Å². The van der Waals surface area contributed by atoms with Crippen molar-refractivity contribution < 1.29 is 9.53 Å². The number of nitrogens with two attached hydrogens (primary N) is 1. The molecule has 0 aliphatic carbocycles. The van der Waals surface area contributed by atoms with Gasteiger partial charge < -0.3 is 15.8 Å². The molecule has 0 spiro atoms. The van der Waals surface area contributed by atoms with Crippen LogP contribution in [0.25, 0.3) is 0 Å². The van der Waals surface area contributed by atoms with Crippen LogP contribution in [0.15, 0.2) is 18.3 Å². The first-order valence-corrected chi connectivity index (χ1v) is 5.72. The maximum absolute atomic E-state index is 12.0. The highest BCUT2D eigenvalue weighted by Gasteiger charge is 2.15. The van der Waals surface area contributed by atoms with Gasteiger partial charge in [0.2, 0.25) is 5.88 Å². The van der Waals surface area contributed by atoms with E-state index >= 15 is 0 Å². The zero-order valence-electron chi connectivity index (χ0n) is 10.3. The predicted molar refractivity (Wildman–Crippen MR) is 66.0 cm³/mol. The van der Waals surface area contributed by atoms with Gasteiger partial charge in [-0.15, -0.1) is 0 Å². The fraction of sp³-hybridized carbons (Fsp3) is 0.500. The Kier molecular flexibility index (Phi) is 5.42. The molecule has 3 N–H and O–H groups in total. The third-order valence-corrected chi connectivity index (χ3v) is 2.47. The van der Waals surface area contributed by atoms with Crippen molar-refractivity contribution in [3.8, 4) is 5.88 Å². The monoisotopic (exact) mass is 237 g/mol. The third-order valence-electron chi connectivity index (χ3n) is 2.47. The quantitative estimate of drug-likeness (QED) is 0.772. The Morgan fingerprint density at radius 2 is 2.41 bits per heavy atom. The summed E-state index contributed by atoms with van der Waals surface area (Å²) in [6.45, 7) is 2.49. The zero-order valence-corrected chi connectivity index (χ0v) is 10.3. The van der Waals surface area contributed by atoms with E-state index in [9.17, 15) is 4.79 Å². The Hall–Kier alpha value is -1.62. The molecule has 1 atom stereocenters. The predicted octanol–water partition coefficient (Wildman–Crippen LogP) is 0.947. The molecule has 1 aromatic heterocycles. The second kappa shape index (κ2) is 6.85. The van der Waals surface area contributed by atoms with E-state index < -0.39 is 0 Å². The lowest BCUT2D eigenvalue weighted by Crippen LogP contribution is -2.40. The highest BCUT2D eigenvalue weighted by Crippen LogP contribution is 2.13. The van der Waals surface area contributed by atoms with Crippen molar-refractivity contribution in [3.63, 3.8) is 0 Å². The lowest BCUT2D eigenvalue weighted by Gasteiger charge is -2.16. The first-order valence-electron chi connectivity index (χ1n) is 5.72. The molecule has 1 unspecified atom stereocenters. The summed E-state index contributed by atoms with van der Waals surface area (Å²) in [5, 5.41) is 2.87. The molecular weight excluding hydrogens is 218 g/mol. The largest absolute Gasteiger partial charge is 0.480 e. The van der Waals surface area contributed by atoms with Crippen LogP contribution < -0.4 is 15.8 Å². The topological polar surface area (TPSA) is 77.2 Å². The van der Waals surface area contributed by atoms with E-state index in [1.165, 1.54) is 7.11 Å². The Balaban J connectivity index is 2.75. The summed E-state index contributed by atoms with van der Waals surface area (Å²) >= 11 is 0. The molecule has 0 aliphatic rings. The second-order valence-corrected chi connectivity index (χ2v) is 3.76. The minimum atomic E-state index is -0.196. The van der Waals surface area contributed by atoms with Gasteiger partial charge in [0.25, 0.3) is 5.91 Å². The molecule has 94 valence electrons. The van der Waals surface area contributed by atoms with E-state index in [0.717, 1.165) is 12.8 Å². The summed E-state index contributed by atoms with van der Waals surface area (Å²) in [7, 11) is 1.49. The Morgan fingerprint density at radius 3 is 3.00 bits per heavy atom. The van der Waals surface area contributed by atoms with Gasteiger partial charge in [-0.05, 0) is 18.6 Å². The molecular formula is C12H19N3O2. The summed E-state index contributed by atoms with van der Waals surface area (Å²) in [5.41, 5.74) is 6.03. The highest BCUT2D eigenvalue weighted by atomic mass is 16.5. The molecule has 17 heavy (non-hydrogen) atoms. The van der Waals surface area contributed by atoms with Crippen molar-refractivity contribution in [1.29, 1.82) is 0 Å². The number of nitrogens with one attached hydrogen (secondary N) is 1. The van der Waals surface area contributed by atoms with Crippen LogP contribution in [-0.4, -0.2) is 30.6 Å². The van der Waals surface area contributed by atoms with Crippen molar-refractivity contribution in [3.05, 3.63) is 23.9 Å². The minimum absolute atomic E-state index is 0.00240. The first kappa shape index (κ1) is 13.4. The fourth-order valence-electron chi connectivity index (χ4n) is 1.59. The van der Waals surface area contributed by atoms with Crippen molar-refractivity contribution >= 4 is 5.91 Å². The molecule has 1 aromatic rings. The summed E-state index contributed by atoms with van der Waals surface area (Å²) < 4.78 is 5.04. The van der Waals surface area contributed by atoms with Crippen molar-refractivity contribution in [2.75, 3.05) is 13.7 Å². The third kappa shape index (κ3) is 3.71. The number of hydrogen-bond donors (Lipinski definition) is 2. The molecule has 1 amide bonds. The molecule has 0 radical (unpaired) electrons. The van der Waals surface area contributed by atoms with E-state index in [1.54, 1.807) is 18.3 Å². The van der Waals surface area contributed by atoms with E-state index in [-0.39, 0.29) is 11.9 Å². The molecule has 5 nitrogen and oxygen atoms in total. The highest BCUT2D eigenvalue weighted by molar-refractivity contribution is 5.96. The first-order chi connectivity index (χ1) is 8.22. The van der Waals surface area contributed by atoms with E-state index in [0.29, 0.717) is 18.0 Å². The van der Waals surface area contributed by atoms with Crippen LogP contribution in [0, 0.1) is 0 Å². The lowest BCUT2D eigenvalue weighted by molar-refractivity contribution is 0.0932. The van der Waals surface area contributed by atoms with Gasteiger partial charge >= 0.3 is 0 Å². The maximum atomic E-state index is 12.0. The lowest BCUT2D eigenvalue weighted by atomic mass is 10.1. The molecule has 0 aliphatic heterocycles. The summed E-state index contributed by atoms with van der Waals surface area (Å²) in [6.07, 6.45) is 3.43. The number of ether oxygens (including phenoxy) is 1. The number of rotatable bonds is 6. The number of aromatic nitrogens is 1. The van der Waals surface area contributed by atoms with Gasteiger partial charge in [-0.1, -0.05) is 13.3 Å². The van der Waals surface area contributed by atoms with Crippen LogP contribution >= 0.6 is 0 Å². The van der Waals surface area contributed by atoms with Crippen LogP contribution in [0.3, 0.4) is 0 Å². The molecule has 0 bridgehead atoms. The van der Waals surface area contributed by atoms with Crippen molar-refractivity contribution in [2.24, 2.45) is 5.73 Å². The number of nitrogens with zero attached hydrogens (tertiary/aromatic N) is 1. The normalized spacial score (nSPS) is 11.9. The average molecular weight is 237 g/mol. The Labute approximate surface area is 101 Å². The summed E-state index contributed by atoms with van der Waals surface area (Å²) in [6, 6.07) is 3.38. The molecule has 0 saturated carbocycles. The van der Waals surface area contributed by atoms with Gasteiger partial charge in [-0.3, -0.25) is 4.79 Å². The van der Waals surface area contributed by atoms with Gasteiger partial charge in [0.15, 0.2) is 0 Å². The van der Waals surface area contributed by atoms with E-state index in [4.69, 9.17) is 10.5 Å². The summed E-state index contributed by atoms with van der Waals surface area (Å²) in [4.78, 5) is 16.0. The number of carbonyl (C=O) groups excluding carboxylic acids is 1. The van der Waals surface area contributed by atoms with Crippen molar-refractivity contribution in [2.45, 2.75) is 25.8 Å². The number of methoxy groups -OCH3 is 1. The zero-order chi connectivity index (χ0) is 12.7. The second-order valence-electron chi connectivity index (χ2n) is 3.76. The fourth-order valence-corrected chi connectivity index (χ4v) is 1.59. The van der Waals surface area contributed by atoms with Gasteiger partial charge in [0.05, 0.1) is 7.11 Å². The smallest absolute Gasteiger partial charge is 0.257 e. The van der Waals surface area contributed by atoms with Crippen LogP contribution in [-0.2, 0) is 0 Å². The Bertz CT molecular complexity index is 369. The van der Waals surface area contributed by atoms with Gasteiger partial charge in [-0.2, -0.15) is 0 Å². The van der Waals surface area contributed by atoms with Crippen LogP contribution in [0.1, 0.15) is 30.1 Å². The molecule has 0 fully saturated rings. The number of pyridine rings is 1. The minimum Gasteiger partial charge on any atom is -0.480 e. The average Bonchev–Trinajstić information content (AvgIpc) is 2.38. The Morgan fingerprint density at radius 1 is 1.65 bits per heavy atom. The van der Waals surface area contributed by atoms with Crippen LogP contribution in [0.5, 0.6) is 5.88 Å². The van der Waals surface area contributed by atoms with Crippen LogP contribution in [0.2, 0.25) is 0 Å². The number of hydrogen-bond acceptors (Lipinski definition) is 4.